The Kier molecular flexibility index (Phi) is 3.74. The Morgan fingerprint density at radius 2 is 1.82 bits per heavy atom. The number of aromatic nitrogens is 2. The Bertz CT molecular complexity index is 792. The van der Waals surface area contributed by atoms with Crippen molar-refractivity contribution in [2.75, 3.05) is 0 Å². The quantitative estimate of drug-likeness (QED) is 0.539. The van der Waals surface area contributed by atoms with Gasteiger partial charge in [-0.3, -0.25) is 15.1 Å². The van der Waals surface area contributed by atoms with Crippen LogP contribution in [0.25, 0.3) is 11.3 Å². The Hall–Kier alpha value is -3.28. The van der Waals surface area contributed by atoms with Crippen LogP contribution in [0.5, 0.6) is 11.6 Å². The first-order valence-electron chi connectivity index (χ1n) is 6.53. The van der Waals surface area contributed by atoms with E-state index in [1.807, 2.05) is 6.07 Å². The molecule has 0 bridgehead atoms. The van der Waals surface area contributed by atoms with E-state index in [1.54, 1.807) is 48.8 Å². The van der Waals surface area contributed by atoms with Crippen molar-refractivity contribution in [3.63, 3.8) is 0 Å². The average Bonchev–Trinajstić information content (AvgIpc) is 2.56. The average molecular weight is 293 g/mol. The summed E-state index contributed by atoms with van der Waals surface area (Å²) in [6.07, 6.45) is 3.18. The van der Waals surface area contributed by atoms with E-state index in [2.05, 4.69) is 9.97 Å². The summed E-state index contributed by atoms with van der Waals surface area (Å²) in [4.78, 5) is 18.9. The molecular weight excluding hydrogens is 282 g/mol. The van der Waals surface area contributed by atoms with Gasteiger partial charge in [0.2, 0.25) is 5.88 Å². The molecule has 1 aromatic carbocycles. The lowest BCUT2D eigenvalue weighted by atomic mass is 10.1. The molecule has 0 radical (unpaired) electrons. The second-order valence-corrected chi connectivity index (χ2v) is 4.43. The van der Waals surface area contributed by atoms with Crippen molar-refractivity contribution in [3.8, 4) is 22.9 Å². The largest absolute Gasteiger partial charge is 0.437 e. The SMILES string of the molecule is O=[N+]([O-])c1ccc(Oc2cccnc2)nc1-c1ccccc1. The lowest BCUT2D eigenvalue weighted by Gasteiger charge is -2.07. The maximum absolute atomic E-state index is 11.2. The maximum atomic E-state index is 11.2. The van der Waals surface area contributed by atoms with Crippen LogP contribution >= 0.6 is 0 Å². The fourth-order valence-electron chi connectivity index (χ4n) is 1.97. The van der Waals surface area contributed by atoms with Crippen molar-refractivity contribution >= 4 is 5.69 Å². The summed E-state index contributed by atoms with van der Waals surface area (Å²) in [7, 11) is 0. The van der Waals surface area contributed by atoms with Crippen LogP contribution in [0.15, 0.2) is 67.0 Å². The first kappa shape index (κ1) is 13.7. The van der Waals surface area contributed by atoms with Crippen molar-refractivity contribution < 1.29 is 9.66 Å². The molecule has 0 unspecified atom stereocenters. The van der Waals surface area contributed by atoms with Gasteiger partial charge in [-0.25, -0.2) is 4.98 Å². The zero-order valence-electron chi connectivity index (χ0n) is 11.4. The van der Waals surface area contributed by atoms with E-state index >= 15 is 0 Å². The van der Waals surface area contributed by atoms with Gasteiger partial charge < -0.3 is 4.74 Å². The van der Waals surface area contributed by atoms with Crippen LogP contribution in [0, 0.1) is 10.1 Å². The van der Waals surface area contributed by atoms with Crippen molar-refractivity contribution in [3.05, 3.63) is 77.1 Å². The lowest BCUT2D eigenvalue weighted by Crippen LogP contribution is -1.97. The number of hydrogen-bond acceptors (Lipinski definition) is 5. The normalized spacial score (nSPS) is 10.2. The highest BCUT2D eigenvalue weighted by molar-refractivity contribution is 5.69. The van der Waals surface area contributed by atoms with Crippen LogP contribution in [-0.4, -0.2) is 14.9 Å². The summed E-state index contributed by atoms with van der Waals surface area (Å²) in [6.45, 7) is 0. The van der Waals surface area contributed by atoms with E-state index in [-0.39, 0.29) is 17.3 Å². The maximum Gasteiger partial charge on any atom is 0.295 e. The van der Waals surface area contributed by atoms with Crippen LogP contribution in [-0.2, 0) is 0 Å². The van der Waals surface area contributed by atoms with Gasteiger partial charge in [0.05, 0.1) is 11.1 Å². The predicted octanol–water partition coefficient (Wildman–Crippen LogP) is 3.84. The molecule has 22 heavy (non-hydrogen) atoms. The number of nitro groups is 1. The lowest BCUT2D eigenvalue weighted by molar-refractivity contribution is -0.384. The highest BCUT2D eigenvalue weighted by atomic mass is 16.6. The number of nitrogens with zero attached hydrogens (tertiary/aromatic N) is 3. The van der Waals surface area contributed by atoms with Crippen molar-refractivity contribution in [2.24, 2.45) is 0 Å². The topological polar surface area (TPSA) is 78.2 Å². The van der Waals surface area contributed by atoms with Gasteiger partial charge in [0.1, 0.15) is 5.75 Å². The molecule has 0 spiro atoms. The Morgan fingerprint density at radius 3 is 2.50 bits per heavy atom. The molecule has 0 aliphatic heterocycles. The molecule has 6 heteroatoms. The van der Waals surface area contributed by atoms with Gasteiger partial charge in [-0.05, 0) is 12.1 Å². The Labute approximate surface area is 126 Å². The van der Waals surface area contributed by atoms with E-state index in [1.165, 1.54) is 12.1 Å². The molecule has 108 valence electrons. The third-order valence-corrected chi connectivity index (χ3v) is 2.95. The molecule has 0 atom stereocenters. The number of pyridine rings is 2. The predicted molar refractivity (Wildman–Crippen MR) is 80.6 cm³/mol. The third-order valence-electron chi connectivity index (χ3n) is 2.95. The van der Waals surface area contributed by atoms with E-state index in [0.717, 1.165) is 0 Å². The Morgan fingerprint density at radius 1 is 1.00 bits per heavy atom. The first-order chi connectivity index (χ1) is 10.7. The fourth-order valence-corrected chi connectivity index (χ4v) is 1.97. The third kappa shape index (κ3) is 2.90. The van der Waals surface area contributed by atoms with Crippen LogP contribution in [0.4, 0.5) is 5.69 Å². The minimum absolute atomic E-state index is 0.0651. The molecule has 2 aromatic heterocycles. The van der Waals surface area contributed by atoms with Gasteiger partial charge in [-0.1, -0.05) is 30.3 Å². The van der Waals surface area contributed by atoms with E-state index in [4.69, 9.17) is 4.74 Å². The minimum atomic E-state index is -0.455. The molecule has 6 nitrogen and oxygen atoms in total. The molecule has 0 fully saturated rings. The van der Waals surface area contributed by atoms with Gasteiger partial charge in [0, 0.05) is 23.9 Å². The summed E-state index contributed by atoms with van der Waals surface area (Å²) >= 11 is 0. The van der Waals surface area contributed by atoms with Gasteiger partial charge in [-0.2, -0.15) is 0 Å². The molecule has 3 aromatic rings. The standard InChI is InChI=1S/C16H11N3O3/c20-19(21)14-8-9-15(22-13-7-4-10-17-11-13)18-16(14)12-5-2-1-3-6-12/h1-11H. The minimum Gasteiger partial charge on any atom is -0.437 e. The van der Waals surface area contributed by atoms with Crippen molar-refractivity contribution in [1.29, 1.82) is 0 Å². The van der Waals surface area contributed by atoms with Gasteiger partial charge in [-0.15, -0.1) is 0 Å². The smallest absolute Gasteiger partial charge is 0.295 e. The highest BCUT2D eigenvalue weighted by Crippen LogP contribution is 2.31. The highest BCUT2D eigenvalue weighted by Gasteiger charge is 2.18. The van der Waals surface area contributed by atoms with Crippen molar-refractivity contribution in [1.82, 2.24) is 9.97 Å². The first-order valence-corrected chi connectivity index (χ1v) is 6.53. The Balaban J connectivity index is 2.03. The number of ether oxygens (including phenoxy) is 1. The molecule has 0 N–H and O–H groups in total. The van der Waals surface area contributed by atoms with Crippen LogP contribution in [0.1, 0.15) is 0 Å². The summed E-state index contributed by atoms with van der Waals surface area (Å²) in [5.74, 6) is 0.792. The summed E-state index contributed by atoms with van der Waals surface area (Å²) < 4.78 is 5.58. The second-order valence-electron chi connectivity index (χ2n) is 4.43. The monoisotopic (exact) mass is 293 g/mol. The molecule has 3 rings (SSSR count). The van der Waals surface area contributed by atoms with E-state index in [0.29, 0.717) is 11.3 Å². The zero-order chi connectivity index (χ0) is 15.4. The molecule has 0 amide bonds. The van der Waals surface area contributed by atoms with Gasteiger partial charge >= 0.3 is 0 Å². The summed E-state index contributed by atoms with van der Waals surface area (Å²) in [5, 5.41) is 11.2. The number of benzene rings is 1. The van der Waals surface area contributed by atoms with E-state index < -0.39 is 4.92 Å². The molecule has 0 saturated carbocycles. The van der Waals surface area contributed by atoms with E-state index in [9.17, 15) is 10.1 Å². The number of rotatable bonds is 4. The van der Waals surface area contributed by atoms with Gasteiger partial charge in [0.15, 0.2) is 5.69 Å². The summed E-state index contributed by atoms with van der Waals surface area (Å²) in [6, 6.07) is 15.3. The molecule has 0 aliphatic carbocycles. The number of hydrogen-bond donors (Lipinski definition) is 0. The van der Waals surface area contributed by atoms with Crippen LogP contribution in [0.3, 0.4) is 0 Å². The molecular formula is C16H11N3O3. The van der Waals surface area contributed by atoms with Crippen LogP contribution < -0.4 is 4.74 Å². The van der Waals surface area contributed by atoms with Crippen molar-refractivity contribution in [2.45, 2.75) is 0 Å². The molecule has 2 heterocycles. The molecule has 0 aliphatic rings. The fraction of sp³-hybridized carbons (Fsp3) is 0. The second kappa shape index (κ2) is 6.01. The summed E-state index contributed by atoms with van der Waals surface area (Å²) in [5.41, 5.74) is 0.863. The molecule has 0 saturated heterocycles. The van der Waals surface area contributed by atoms with Crippen LogP contribution in [0.2, 0.25) is 0 Å². The zero-order valence-corrected chi connectivity index (χ0v) is 11.4. The van der Waals surface area contributed by atoms with Gasteiger partial charge in [0.25, 0.3) is 5.69 Å².